The van der Waals surface area contributed by atoms with Crippen LogP contribution in [-0.4, -0.2) is 23.1 Å². The zero-order valence-corrected chi connectivity index (χ0v) is 12.4. The minimum atomic E-state index is -0.276. The quantitative estimate of drug-likeness (QED) is 0.507. The minimum absolute atomic E-state index is 0.276. The number of hydrogen-bond acceptors (Lipinski definition) is 4. The summed E-state index contributed by atoms with van der Waals surface area (Å²) in [7, 11) is 0. The summed E-state index contributed by atoms with van der Waals surface area (Å²) in [6.07, 6.45) is 5.37. The Bertz CT molecular complexity index is 472. The molecule has 0 spiro atoms. The highest BCUT2D eigenvalue weighted by Gasteiger charge is 2.36. The Morgan fingerprint density at radius 1 is 1.53 bits per heavy atom. The summed E-state index contributed by atoms with van der Waals surface area (Å²) in [6, 6.07) is 0.815. The second-order valence-electron chi connectivity index (χ2n) is 5.05. The molecule has 5 nitrogen and oxygen atoms in total. The third kappa shape index (κ3) is 3.05. The van der Waals surface area contributed by atoms with E-state index < -0.39 is 0 Å². The van der Waals surface area contributed by atoms with E-state index in [9.17, 15) is 4.79 Å². The van der Waals surface area contributed by atoms with Crippen molar-refractivity contribution in [2.75, 3.05) is 10.8 Å². The fourth-order valence-electron chi connectivity index (χ4n) is 2.63. The highest BCUT2D eigenvalue weighted by atomic mass is 32.2. The van der Waals surface area contributed by atoms with Gasteiger partial charge in [0.1, 0.15) is 0 Å². The van der Waals surface area contributed by atoms with E-state index in [0.29, 0.717) is 23.5 Å². The van der Waals surface area contributed by atoms with E-state index in [-0.39, 0.29) is 5.63 Å². The van der Waals surface area contributed by atoms with Crippen molar-refractivity contribution in [1.29, 1.82) is 0 Å². The highest BCUT2D eigenvalue weighted by Crippen LogP contribution is 2.18. The van der Waals surface area contributed by atoms with Gasteiger partial charge in [0.05, 0.1) is 17.8 Å². The summed E-state index contributed by atoms with van der Waals surface area (Å²) in [5.41, 5.74) is 0.397. The summed E-state index contributed by atoms with van der Waals surface area (Å²) < 4.78 is 4.98. The predicted octanol–water partition coefficient (Wildman–Crippen LogP) is 1.57. The van der Waals surface area contributed by atoms with Crippen LogP contribution in [0, 0.1) is 0 Å². The molecule has 1 N–H and O–H groups in total. The van der Waals surface area contributed by atoms with Gasteiger partial charge in [-0.15, -0.1) is 23.3 Å². The van der Waals surface area contributed by atoms with Gasteiger partial charge < -0.3 is 0 Å². The van der Waals surface area contributed by atoms with Crippen molar-refractivity contribution < 1.29 is 9.31 Å². The lowest BCUT2D eigenvalue weighted by atomic mass is 10.00. The van der Waals surface area contributed by atoms with Crippen LogP contribution in [0.15, 0.2) is 22.0 Å². The molecule has 0 aromatic carbocycles. The first-order valence-electron chi connectivity index (χ1n) is 6.74. The maximum absolute atomic E-state index is 11.8. The van der Waals surface area contributed by atoms with Gasteiger partial charge in [-0.25, -0.2) is 4.79 Å². The van der Waals surface area contributed by atoms with Crippen LogP contribution in [0.1, 0.15) is 38.8 Å². The zero-order chi connectivity index (χ0) is 13.8. The Hall–Kier alpha value is -1.17. The molecule has 6 heteroatoms. The smallest absolute Gasteiger partial charge is 0.281 e. The van der Waals surface area contributed by atoms with Crippen LogP contribution in [0.2, 0.25) is 0 Å². The van der Waals surface area contributed by atoms with Crippen molar-refractivity contribution in [3.05, 3.63) is 28.8 Å². The number of hydrogen-bond donors (Lipinski definition) is 1. The van der Waals surface area contributed by atoms with Gasteiger partial charge in [-0.3, -0.25) is 4.52 Å². The normalized spacial score (nSPS) is 23.6. The molecule has 0 radical (unpaired) electrons. The molecule has 0 aliphatic carbocycles. The average molecular weight is 284 g/mol. The van der Waals surface area contributed by atoms with Crippen LogP contribution in [0.25, 0.3) is 0 Å². The van der Waals surface area contributed by atoms with E-state index in [1.807, 2.05) is 10.9 Å². The lowest BCUT2D eigenvalue weighted by Crippen LogP contribution is -2.69. The Balaban J connectivity index is 2.23. The number of nitrogens with one attached hydrogen (secondary N) is 1. The monoisotopic (exact) mass is 284 g/mol. The highest BCUT2D eigenvalue weighted by molar-refractivity contribution is 7.98. The van der Waals surface area contributed by atoms with Gasteiger partial charge in [0.25, 0.3) is 0 Å². The molecule has 1 fully saturated rings. The number of H-pyrrole nitrogens is 1. The van der Waals surface area contributed by atoms with Crippen LogP contribution in [-0.2, 0) is 5.75 Å². The molecule has 1 aliphatic heterocycles. The van der Waals surface area contributed by atoms with Crippen molar-refractivity contribution in [3.63, 3.8) is 0 Å². The molecule has 1 aromatic heterocycles. The Morgan fingerprint density at radius 3 is 2.84 bits per heavy atom. The van der Waals surface area contributed by atoms with Crippen LogP contribution >= 0.6 is 11.8 Å². The van der Waals surface area contributed by atoms with E-state index in [1.165, 1.54) is 6.42 Å². The topological polar surface area (TPSA) is 53.1 Å². The molecule has 19 heavy (non-hydrogen) atoms. The van der Waals surface area contributed by atoms with E-state index in [0.717, 1.165) is 18.6 Å². The third-order valence-corrected chi connectivity index (χ3v) is 4.52. The number of piperidine rings is 1. The summed E-state index contributed by atoms with van der Waals surface area (Å²) in [6.45, 7) is 8.07. The summed E-state index contributed by atoms with van der Waals surface area (Å²) in [5, 5.41) is 4.97. The van der Waals surface area contributed by atoms with Gasteiger partial charge in [-0.2, -0.15) is 0 Å². The molecule has 2 atom stereocenters. The molecule has 1 aromatic rings. The molecule has 2 heterocycles. The van der Waals surface area contributed by atoms with Gasteiger partial charge >= 0.3 is 11.3 Å². The largest absolute Gasteiger partial charge is 0.434 e. The summed E-state index contributed by atoms with van der Waals surface area (Å²) in [5.74, 6) is 1.46. The maximum Gasteiger partial charge on any atom is 0.434 e. The van der Waals surface area contributed by atoms with E-state index in [4.69, 9.17) is 4.52 Å². The van der Waals surface area contributed by atoms with Gasteiger partial charge in [0, 0.05) is 15.8 Å². The second-order valence-corrected chi connectivity index (χ2v) is 6.08. The van der Waals surface area contributed by atoms with Crippen molar-refractivity contribution in [1.82, 2.24) is 5.27 Å². The van der Waals surface area contributed by atoms with Gasteiger partial charge in [-0.1, -0.05) is 6.08 Å². The minimum Gasteiger partial charge on any atom is -0.281 e. The van der Waals surface area contributed by atoms with Crippen molar-refractivity contribution in [2.45, 2.75) is 50.9 Å². The Kier molecular flexibility index (Phi) is 4.74. The lowest BCUT2D eigenvalue weighted by Gasteiger charge is -2.32. The molecule has 2 rings (SSSR count). The fourth-order valence-corrected chi connectivity index (χ4v) is 3.35. The molecule has 1 saturated heterocycles. The first-order chi connectivity index (χ1) is 9.15. The van der Waals surface area contributed by atoms with E-state index >= 15 is 0 Å². The standard InChI is InChI=1S/C13H21N3O2S/c1-4-8-19-9-12-13(17)18-14-16(12)15-10(2)6-5-7-11(15)3/h4,10-11H,1,5-9H2,2-3H3/p+1. The number of nitrogens with zero attached hydrogens (tertiary/aromatic N) is 2. The predicted molar refractivity (Wildman–Crippen MR) is 76.9 cm³/mol. The number of thioether (sulfide) groups is 1. The second kappa shape index (κ2) is 6.32. The molecule has 1 aliphatic rings. The zero-order valence-electron chi connectivity index (χ0n) is 11.6. The van der Waals surface area contributed by atoms with Crippen LogP contribution in [0.4, 0.5) is 0 Å². The van der Waals surface area contributed by atoms with Gasteiger partial charge in [0.15, 0.2) is 0 Å². The van der Waals surface area contributed by atoms with Gasteiger partial charge in [0.2, 0.25) is 0 Å². The summed E-state index contributed by atoms with van der Waals surface area (Å²) in [4.78, 5) is 13.6. The Labute approximate surface area is 117 Å². The van der Waals surface area contributed by atoms with Crippen molar-refractivity contribution >= 4 is 11.8 Å². The molecule has 0 saturated carbocycles. The van der Waals surface area contributed by atoms with E-state index in [1.54, 1.807) is 11.8 Å². The molecular weight excluding hydrogens is 262 g/mol. The number of aromatic nitrogens is 2. The first-order valence-corrected chi connectivity index (χ1v) is 7.90. The van der Waals surface area contributed by atoms with Crippen LogP contribution < -0.4 is 15.4 Å². The van der Waals surface area contributed by atoms with Crippen LogP contribution in [0.3, 0.4) is 0 Å². The number of rotatable bonds is 5. The fraction of sp³-hybridized carbons (Fsp3) is 0.692. The SMILES string of the molecule is C=CCSCc1c(=O)o[nH][n+]1N1C(C)CCCC1C. The molecular formula is C13H22N3O2S+. The lowest BCUT2D eigenvalue weighted by molar-refractivity contribution is -0.771. The Morgan fingerprint density at radius 2 is 2.21 bits per heavy atom. The van der Waals surface area contributed by atoms with Crippen LogP contribution in [0.5, 0.6) is 0 Å². The van der Waals surface area contributed by atoms with E-state index in [2.05, 4.69) is 30.7 Å². The average Bonchev–Trinajstić information content (AvgIpc) is 2.72. The molecule has 0 bridgehead atoms. The maximum atomic E-state index is 11.8. The van der Waals surface area contributed by atoms with Crippen molar-refractivity contribution in [3.8, 4) is 0 Å². The summed E-state index contributed by atoms with van der Waals surface area (Å²) >= 11 is 1.66. The van der Waals surface area contributed by atoms with Gasteiger partial charge in [-0.05, 0) is 33.1 Å². The molecule has 2 unspecified atom stereocenters. The molecule has 0 amide bonds. The number of aromatic amines is 1. The first kappa shape index (κ1) is 14.2. The van der Waals surface area contributed by atoms with Crippen molar-refractivity contribution in [2.24, 2.45) is 0 Å². The molecule has 106 valence electrons. The third-order valence-electron chi connectivity index (χ3n) is 3.57.